The van der Waals surface area contributed by atoms with E-state index >= 15 is 0 Å². The molecule has 2 saturated heterocycles. The fourth-order valence-electron chi connectivity index (χ4n) is 2.79. The van der Waals surface area contributed by atoms with E-state index in [2.05, 4.69) is 29.9 Å². The standard InChI is InChI=1S/C13H12F3N5O/c14-13(15,16)11-19-10(20-22-11)8-1-2-9(18-3-8)21-6-12(7-21)4-17-5-12/h1-3,17H,4-7H2. The molecule has 2 aliphatic rings. The molecule has 22 heavy (non-hydrogen) atoms. The normalized spacial score (nSPS) is 19.9. The molecule has 0 unspecified atom stereocenters. The Labute approximate surface area is 123 Å². The van der Waals surface area contributed by atoms with Crippen LogP contribution in [0.4, 0.5) is 19.0 Å². The molecular formula is C13H12F3N5O. The van der Waals surface area contributed by atoms with Gasteiger partial charge in [0.2, 0.25) is 5.82 Å². The van der Waals surface area contributed by atoms with Gasteiger partial charge in [0, 0.05) is 43.4 Å². The Balaban J connectivity index is 1.49. The Hall–Kier alpha value is -2.16. The van der Waals surface area contributed by atoms with Gasteiger partial charge >= 0.3 is 12.1 Å². The summed E-state index contributed by atoms with van der Waals surface area (Å²) in [6, 6.07) is 3.41. The second-order valence-electron chi connectivity index (χ2n) is 5.79. The molecule has 4 heterocycles. The first-order valence-electron chi connectivity index (χ1n) is 6.78. The van der Waals surface area contributed by atoms with Crippen molar-refractivity contribution in [2.45, 2.75) is 6.18 Å². The van der Waals surface area contributed by atoms with Gasteiger partial charge in [0.25, 0.3) is 0 Å². The number of halogens is 3. The van der Waals surface area contributed by atoms with Crippen molar-refractivity contribution in [2.75, 3.05) is 31.1 Å². The number of nitrogens with zero attached hydrogens (tertiary/aromatic N) is 4. The third kappa shape index (κ3) is 2.12. The summed E-state index contributed by atoms with van der Waals surface area (Å²) in [6.07, 6.45) is -3.17. The van der Waals surface area contributed by atoms with Gasteiger partial charge in [-0.05, 0) is 12.1 Å². The Kier molecular flexibility index (Phi) is 2.71. The molecule has 2 aliphatic heterocycles. The highest BCUT2D eigenvalue weighted by Gasteiger charge is 2.47. The lowest BCUT2D eigenvalue weighted by Crippen LogP contribution is -2.71. The van der Waals surface area contributed by atoms with Gasteiger partial charge in [-0.2, -0.15) is 18.2 Å². The van der Waals surface area contributed by atoms with Crippen LogP contribution in [-0.2, 0) is 6.18 Å². The van der Waals surface area contributed by atoms with Crippen molar-refractivity contribution in [2.24, 2.45) is 5.41 Å². The highest BCUT2D eigenvalue weighted by molar-refractivity contribution is 5.56. The maximum absolute atomic E-state index is 12.4. The Morgan fingerprint density at radius 3 is 2.50 bits per heavy atom. The van der Waals surface area contributed by atoms with E-state index in [-0.39, 0.29) is 5.82 Å². The van der Waals surface area contributed by atoms with Gasteiger partial charge < -0.3 is 14.7 Å². The number of pyridine rings is 1. The van der Waals surface area contributed by atoms with E-state index in [1.807, 2.05) is 0 Å². The molecule has 2 fully saturated rings. The number of rotatable bonds is 2. The Bertz CT molecular complexity index is 684. The van der Waals surface area contributed by atoms with Crippen LogP contribution in [0.15, 0.2) is 22.9 Å². The monoisotopic (exact) mass is 311 g/mol. The topological polar surface area (TPSA) is 67.1 Å². The van der Waals surface area contributed by atoms with Crippen LogP contribution in [0.25, 0.3) is 11.4 Å². The van der Waals surface area contributed by atoms with Gasteiger partial charge in [-0.3, -0.25) is 0 Å². The number of aromatic nitrogens is 3. The zero-order valence-electron chi connectivity index (χ0n) is 11.4. The quantitative estimate of drug-likeness (QED) is 0.908. The minimum Gasteiger partial charge on any atom is -0.355 e. The maximum Gasteiger partial charge on any atom is 0.471 e. The third-order valence-electron chi connectivity index (χ3n) is 4.05. The van der Waals surface area contributed by atoms with Crippen molar-refractivity contribution >= 4 is 5.82 Å². The van der Waals surface area contributed by atoms with Crippen LogP contribution in [0.5, 0.6) is 0 Å². The SMILES string of the molecule is FC(F)(F)c1nc(-c2ccc(N3CC4(CNC4)C3)nc2)no1. The summed E-state index contributed by atoms with van der Waals surface area (Å²) < 4.78 is 41.5. The molecule has 2 aromatic rings. The molecular weight excluding hydrogens is 299 g/mol. The number of nitrogens with one attached hydrogen (secondary N) is 1. The molecule has 0 aromatic carbocycles. The zero-order valence-corrected chi connectivity index (χ0v) is 11.4. The van der Waals surface area contributed by atoms with Gasteiger partial charge in [0.15, 0.2) is 0 Å². The fourth-order valence-corrected chi connectivity index (χ4v) is 2.79. The fraction of sp³-hybridized carbons (Fsp3) is 0.462. The van der Waals surface area contributed by atoms with E-state index in [1.54, 1.807) is 12.1 Å². The molecule has 0 atom stereocenters. The van der Waals surface area contributed by atoms with Crippen LogP contribution >= 0.6 is 0 Å². The zero-order chi connectivity index (χ0) is 15.4. The Morgan fingerprint density at radius 2 is 2.00 bits per heavy atom. The predicted molar refractivity (Wildman–Crippen MR) is 70.0 cm³/mol. The van der Waals surface area contributed by atoms with Gasteiger partial charge in [-0.1, -0.05) is 5.16 Å². The van der Waals surface area contributed by atoms with Crippen molar-refractivity contribution in [3.63, 3.8) is 0 Å². The predicted octanol–water partition coefficient (Wildman–Crippen LogP) is 1.56. The van der Waals surface area contributed by atoms with Crippen molar-refractivity contribution in [1.82, 2.24) is 20.4 Å². The summed E-state index contributed by atoms with van der Waals surface area (Å²) in [5, 5.41) is 6.59. The summed E-state index contributed by atoms with van der Waals surface area (Å²) in [5.74, 6) is -0.663. The lowest BCUT2D eigenvalue weighted by molar-refractivity contribution is -0.159. The van der Waals surface area contributed by atoms with Crippen molar-refractivity contribution in [1.29, 1.82) is 0 Å². The van der Waals surface area contributed by atoms with Crippen LogP contribution in [0.1, 0.15) is 5.89 Å². The van der Waals surface area contributed by atoms with Crippen molar-refractivity contribution in [3.8, 4) is 11.4 Å². The van der Waals surface area contributed by atoms with Crippen LogP contribution in [0.3, 0.4) is 0 Å². The van der Waals surface area contributed by atoms with E-state index in [1.165, 1.54) is 6.20 Å². The molecule has 0 radical (unpaired) electrons. The largest absolute Gasteiger partial charge is 0.471 e. The molecule has 0 bridgehead atoms. The molecule has 0 saturated carbocycles. The van der Waals surface area contributed by atoms with Gasteiger partial charge in [0.1, 0.15) is 5.82 Å². The number of hydrogen-bond acceptors (Lipinski definition) is 6. The highest BCUT2D eigenvalue weighted by Crippen LogP contribution is 2.37. The van der Waals surface area contributed by atoms with Gasteiger partial charge in [-0.15, -0.1) is 0 Å². The second kappa shape index (κ2) is 4.42. The third-order valence-corrected chi connectivity index (χ3v) is 4.05. The number of hydrogen-bond donors (Lipinski definition) is 1. The van der Waals surface area contributed by atoms with Crippen LogP contribution in [0, 0.1) is 5.41 Å². The van der Waals surface area contributed by atoms with E-state index in [0.717, 1.165) is 32.0 Å². The van der Waals surface area contributed by atoms with Gasteiger partial charge in [-0.25, -0.2) is 4.98 Å². The highest BCUT2D eigenvalue weighted by atomic mass is 19.4. The van der Waals surface area contributed by atoms with E-state index < -0.39 is 12.1 Å². The number of anilines is 1. The second-order valence-corrected chi connectivity index (χ2v) is 5.79. The summed E-state index contributed by atoms with van der Waals surface area (Å²) >= 11 is 0. The van der Waals surface area contributed by atoms with Crippen molar-refractivity contribution in [3.05, 3.63) is 24.2 Å². The molecule has 2 aromatic heterocycles. The molecule has 1 spiro atoms. The maximum atomic E-state index is 12.4. The summed E-state index contributed by atoms with van der Waals surface area (Å²) in [4.78, 5) is 9.76. The molecule has 116 valence electrons. The minimum absolute atomic E-state index is 0.116. The average Bonchev–Trinajstić information content (AvgIpc) is 2.85. The molecule has 6 nitrogen and oxygen atoms in total. The summed E-state index contributed by atoms with van der Waals surface area (Å²) in [7, 11) is 0. The first-order chi connectivity index (χ1) is 10.5. The average molecular weight is 311 g/mol. The van der Waals surface area contributed by atoms with E-state index in [0.29, 0.717) is 11.0 Å². The van der Waals surface area contributed by atoms with E-state index in [9.17, 15) is 13.2 Å². The Morgan fingerprint density at radius 1 is 1.23 bits per heavy atom. The lowest BCUT2D eigenvalue weighted by atomic mass is 9.74. The molecule has 0 amide bonds. The molecule has 0 aliphatic carbocycles. The van der Waals surface area contributed by atoms with Crippen molar-refractivity contribution < 1.29 is 17.7 Å². The number of alkyl halides is 3. The molecule has 4 rings (SSSR count). The lowest BCUT2D eigenvalue weighted by Gasteiger charge is -2.56. The smallest absolute Gasteiger partial charge is 0.355 e. The summed E-state index contributed by atoms with van der Waals surface area (Å²) in [5.41, 5.74) is 0.777. The van der Waals surface area contributed by atoms with E-state index in [4.69, 9.17) is 0 Å². The molecule has 1 N–H and O–H groups in total. The van der Waals surface area contributed by atoms with Crippen LogP contribution in [0.2, 0.25) is 0 Å². The van der Waals surface area contributed by atoms with Crippen LogP contribution < -0.4 is 10.2 Å². The molecule has 9 heteroatoms. The first-order valence-corrected chi connectivity index (χ1v) is 6.78. The summed E-state index contributed by atoms with van der Waals surface area (Å²) in [6.45, 7) is 3.97. The van der Waals surface area contributed by atoms with Gasteiger partial charge in [0.05, 0.1) is 0 Å². The van der Waals surface area contributed by atoms with Crippen LogP contribution in [-0.4, -0.2) is 41.3 Å². The first kappa shape index (κ1) is 13.5. The minimum atomic E-state index is -4.64.